The predicted molar refractivity (Wildman–Crippen MR) is 58.9 cm³/mol. The van der Waals surface area contributed by atoms with Crippen LogP contribution in [0.15, 0.2) is 21.6 Å². The molecule has 0 atom stereocenters. The Bertz CT molecular complexity index is 477. The number of allylic oxidation sites excluding steroid dienone is 4. The molecule has 98 valence electrons. The molecule has 0 aromatic carbocycles. The molecule has 1 rings (SSSR count). The highest BCUT2D eigenvalue weighted by molar-refractivity contribution is 7.93. The molecule has 0 aromatic heterocycles. The van der Waals surface area contributed by atoms with Crippen LogP contribution in [0.2, 0.25) is 0 Å². The van der Waals surface area contributed by atoms with E-state index in [9.17, 15) is 21.6 Å². The first-order valence-electron chi connectivity index (χ1n) is 4.65. The van der Waals surface area contributed by atoms with Crippen LogP contribution in [-0.2, 0) is 10.0 Å². The van der Waals surface area contributed by atoms with Crippen molar-refractivity contribution in [2.75, 3.05) is 14.1 Å². The van der Waals surface area contributed by atoms with E-state index in [1.807, 2.05) is 0 Å². The van der Waals surface area contributed by atoms with Crippen molar-refractivity contribution in [1.29, 1.82) is 0 Å². The molecule has 0 unspecified atom stereocenters. The van der Waals surface area contributed by atoms with Gasteiger partial charge in [-0.3, -0.25) is 0 Å². The predicted octanol–water partition coefficient (Wildman–Crippen LogP) is 2.61. The van der Waals surface area contributed by atoms with Crippen LogP contribution < -0.4 is 0 Å². The summed E-state index contributed by atoms with van der Waals surface area (Å²) in [7, 11) is -1.68. The van der Waals surface area contributed by atoms with Gasteiger partial charge in [0, 0.05) is 19.1 Å². The third kappa shape index (κ3) is 3.02. The van der Waals surface area contributed by atoms with E-state index in [0.29, 0.717) is 6.08 Å². The highest BCUT2D eigenvalue weighted by atomic mass is 35.5. The van der Waals surface area contributed by atoms with Crippen LogP contribution in [0.25, 0.3) is 0 Å². The lowest BCUT2D eigenvalue weighted by Gasteiger charge is -2.22. The first-order valence-corrected chi connectivity index (χ1v) is 6.47. The number of rotatable bonds is 2. The molecule has 8 heteroatoms. The van der Waals surface area contributed by atoms with Gasteiger partial charge in [0.25, 0.3) is 0 Å². The van der Waals surface area contributed by atoms with Crippen molar-refractivity contribution in [3.05, 3.63) is 21.6 Å². The summed E-state index contributed by atoms with van der Waals surface area (Å²) in [5.41, 5.74) is -1.18. The van der Waals surface area contributed by atoms with Gasteiger partial charge in [0.2, 0.25) is 10.0 Å². The zero-order chi connectivity index (χ0) is 13.4. The molecule has 0 saturated heterocycles. The van der Waals surface area contributed by atoms with Crippen LogP contribution in [0.4, 0.5) is 13.2 Å². The summed E-state index contributed by atoms with van der Waals surface area (Å²) in [6.45, 7) is 0. The summed E-state index contributed by atoms with van der Waals surface area (Å²) >= 11 is 5.53. The van der Waals surface area contributed by atoms with E-state index in [-0.39, 0.29) is 17.9 Å². The van der Waals surface area contributed by atoms with Crippen LogP contribution in [0.3, 0.4) is 0 Å². The summed E-state index contributed by atoms with van der Waals surface area (Å²) in [4.78, 5) is -0.626. The lowest BCUT2D eigenvalue weighted by molar-refractivity contribution is -0.0889. The summed E-state index contributed by atoms with van der Waals surface area (Å²) in [6.07, 6.45) is -4.17. The maximum Gasteiger partial charge on any atom is 0.417 e. The number of sulfonamides is 1. The number of hydrogen-bond donors (Lipinski definition) is 0. The van der Waals surface area contributed by atoms with E-state index < -0.39 is 26.7 Å². The van der Waals surface area contributed by atoms with Gasteiger partial charge in [-0.2, -0.15) is 13.2 Å². The summed E-state index contributed by atoms with van der Waals surface area (Å²) in [5.74, 6) is 0. The second-order valence-corrected chi connectivity index (χ2v) is 6.37. The fraction of sp³-hybridized carbons (Fsp3) is 0.556. The third-order valence-electron chi connectivity index (χ3n) is 2.29. The van der Waals surface area contributed by atoms with Crippen LogP contribution in [-0.4, -0.2) is 33.0 Å². The molecular weight excluding hydrogens is 279 g/mol. The van der Waals surface area contributed by atoms with E-state index >= 15 is 0 Å². The zero-order valence-corrected chi connectivity index (χ0v) is 10.7. The number of hydrogen-bond acceptors (Lipinski definition) is 2. The average Bonchev–Trinajstić information content (AvgIpc) is 2.15. The lowest BCUT2D eigenvalue weighted by atomic mass is 10.1. The average molecular weight is 290 g/mol. The van der Waals surface area contributed by atoms with Crippen LogP contribution in [0.5, 0.6) is 0 Å². The van der Waals surface area contributed by atoms with Crippen molar-refractivity contribution >= 4 is 21.6 Å². The first-order chi connectivity index (χ1) is 7.56. The molecule has 0 amide bonds. The van der Waals surface area contributed by atoms with Gasteiger partial charge in [0.15, 0.2) is 0 Å². The monoisotopic (exact) mass is 289 g/mol. The quantitative estimate of drug-likeness (QED) is 0.783. The van der Waals surface area contributed by atoms with Gasteiger partial charge < -0.3 is 0 Å². The summed E-state index contributed by atoms with van der Waals surface area (Å²) in [6, 6.07) is 0. The molecule has 0 aliphatic heterocycles. The second kappa shape index (κ2) is 4.62. The molecule has 3 nitrogen and oxygen atoms in total. The Balaban J connectivity index is 3.45. The van der Waals surface area contributed by atoms with Gasteiger partial charge in [-0.05, 0) is 18.9 Å². The van der Waals surface area contributed by atoms with Gasteiger partial charge in [0.05, 0.1) is 10.5 Å². The Morgan fingerprint density at radius 1 is 1.29 bits per heavy atom. The number of alkyl halides is 3. The molecule has 0 N–H and O–H groups in total. The van der Waals surface area contributed by atoms with Crippen molar-refractivity contribution in [3.63, 3.8) is 0 Å². The summed E-state index contributed by atoms with van der Waals surface area (Å²) in [5, 5.41) is 0.00929. The SMILES string of the molecule is CN(C)S(=O)(=O)C1=C(C(F)(F)F)C=C(Cl)CC1. The standard InChI is InChI=1S/C9H11ClF3NO2S/c1-14(2)17(15,16)8-4-3-6(10)5-7(8)9(11,12)13/h5H,3-4H2,1-2H3. The molecule has 17 heavy (non-hydrogen) atoms. The number of nitrogens with zero attached hydrogens (tertiary/aromatic N) is 1. The Morgan fingerprint density at radius 2 is 1.82 bits per heavy atom. The van der Waals surface area contributed by atoms with E-state index in [4.69, 9.17) is 11.6 Å². The molecular formula is C9H11ClF3NO2S. The molecule has 0 fully saturated rings. The molecule has 1 aliphatic carbocycles. The van der Waals surface area contributed by atoms with Crippen molar-refractivity contribution in [2.24, 2.45) is 0 Å². The molecule has 0 aromatic rings. The van der Waals surface area contributed by atoms with Crippen molar-refractivity contribution in [2.45, 2.75) is 19.0 Å². The van der Waals surface area contributed by atoms with E-state index in [2.05, 4.69) is 0 Å². The fourth-order valence-corrected chi connectivity index (χ4v) is 2.86. The second-order valence-electron chi connectivity index (χ2n) is 3.71. The minimum absolute atomic E-state index is 0.00929. The molecule has 0 spiro atoms. The van der Waals surface area contributed by atoms with E-state index in [0.717, 1.165) is 4.31 Å². The lowest BCUT2D eigenvalue weighted by Crippen LogP contribution is -2.28. The zero-order valence-electron chi connectivity index (χ0n) is 9.18. The first kappa shape index (κ1) is 14.5. The van der Waals surface area contributed by atoms with Gasteiger partial charge >= 0.3 is 6.18 Å². The van der Waals surface area contributed by atoms with Gasteiger partial charge in [-0.15, -0.1) is 0 Å². The normalized spacial score (nSPS) is 18.6. The van der Waals surface area contributed by atoms with Crippen LogP contribution in [0, 0.1) is 0 Å². The van der Waals surface area contributed by atoms with Gasteiger partial charge in [-0.1, -0.05) is 11.6 Å². The third-order valence-corrected chi connectivity index (χ3v) is 4.60. The van der Waals surface area contributed by atoms with E-state index in [1.54, 1.807) is 0 Å². The smallest absolute Gasteiger partial charge is 0.207 e. The molecule has 0 heterocycles. The molecule has 0 saturated carbocycles. The molecule has 0 bridgehead atoms. The minimum atomic E-state index is -4.72. The van der Waals surface area contributed by atoms with Gasteiger partial charge in [-0.25, -0.2) is 12.7 Å². The molecule has 0 radical (unpaired) electrons. The number of halogens is 4. The maximum atomic E-state index is 12.7. The van der Waals surface area contributed by atoms with Crippen molar-refractivity contribution in [1.82, 2.24) is 4.31 Å². The highest BCUT2D eigenvalue weighted by Crippen LogP contribution is 2.39. The van der Waals surface area contributed by atoms with Crippen molar-refractivity contribution in [3.8, 4) is 0 Å². The molecule has 1 aliphatic rings. The maximum absolute atomic E-state index is 12.7. The van der Waals surface area contributed by atoms with Crippen molar-refractivity contribution < 1.29 is 21.6 Å². The van der Waals surface area contributed by atoms with Gasteiger partial charge in [0.1, 0.15) is 0 Å². The Labute approximate surface area is 103 Å². The van der Waals surface area contributed by atoms with Crippen LogP contribution >= 0.6 is 11.6 Å². The van der Waals surface area contributed by atoms with E-state index in [1.165, 1.54) is 14.1 Å². The topological polar surface area (TPSA) is 37.4 Å². The summed E-state index contributed by atoms with van der Waals surface area (Å²) < 4.78 is 62.4. The fourth-order valence-electron chi connectivity index (χ4n) is 1.41. The minimum Gasteiger partial charge on any atom is -0.207 e. The Morgan fingerprint density at radius 3 is 2.24 bits per heavy atom. The Hall–Kier alpha value is -0.530. The largest absolute Gasteiger partial charge is 0.417 e. The Kier molecular flexibility index (Phi) is 3.95. The highest BCUT2D eigenvalue weighted by Gasteiger charge is 2.40. The van der Waals surface area contributed by atoms with Crippen LogP contribution in [0.1, 0.15) is 12.8 Å².